The van der Waals surface area contributed by atoms with Crippen molar-refractivity contribution in [1.29, 1.82) is 0 Å². The second-order valence-electron chi connectivity index (χ2n) is 4.66. The lowest BCUT2D eigenvalue weighted by Gasteiger charge is -2.20. The molecule has 0 radical (unpaired) electrons. The van der Waals surface area contributed by atoms with Crippen LogP contribution in [0, 0.1) is 5.82 Å². The maximum absolute atomic E-state index is 13.0. The van der Waals surface area contributed by atoms with E-state index in [0.29, 0.717) is 11.1 Å². The van der Waals surface area contributed by atoms with Crippen molar-refractivity contribution in [3.63, 3.8) is 0 Å². The van der Waals surface area contributed by atoms with Crippen LogP contribution in [-0.4, -0.2) is 11.9 Å². The summed E-state index contributed by atoms with van der Waals surface area (Å²) >= 11 is 3.26. The third-order valence-corrected chi connectivity index (χ3v) is 3.53. The Morgan fingerprint density at radius 3 is 2.45 bits per heavy atom. The lowest BCUT2D eigenvalue weighted by molar-refractivity contribution is -0.306. The molecule has 0 aromatic heterocycles. The summed E-state index contributed by atoms with van der Waals surface area (Å²) in [5.74, 6) is -2.16. The number of carboxylic acid groups (broad SMARTS) is 1. The number of halogens is 2. The normalized spacial score (nSPS) is 11.7. The van der Waals surface area contributed by atoms with E-state index < -0.39 is 30.2 Å². The van der Waals surface area contributed by atoms with Crippen molar-refractivity contribution in [3.05, 3.63) is 69.9 Å². The first kappa shape index (κ1) is 16.2. The number of hydrogen-bond acceptors (Lipinski definition) is 3. The van der Waals surface area contributed by atoms with E-state index in [0.717, 1.165) is 4.47 Å². The van der Waals surface area contributed by atoms with Crippen LogP contribution in [0.2, 0.25) is 0 Å². The second kappa shape index (κ2) is 7.17. The molecule has 1 atom stereocenters. The van der Waals surface area contributed by atoms with Crippen molar-refractivity contribution in [1.82, 2.24) is 5.32 Å². The van der Waals surface area contributed by atoms with Crippen molar-refractivity contribution < 1.29 is 19.1 Å². The highest BCUT2D eigenvalue weighted by molar-refractivity contribution is 9.10. The topological polar surface area (TPSA) is 69.2 Å². The first-order valence-corrected chi connectivity index (χ1v) is 7.27. The molecule has 0 spiro atoms. The number of amides is 1. The molecule has 6 heteroatoms. The summed E-state index contributed by atoms with van der Waals surface area (Å²) in [7, 11) is 0. The van der Waals surface area contributed by atoms with Gasteiger partial charge in [-0.15, -0.1) is 0 Å². The van der Waals surface area contributed by atoms with E-state index in [-0.39, 0.29) is 0 Å². The molecule has 0 aliphatic carbocycles. The predicted molar refractivity (Wildman–Crippen MR) is 80.4 cm³/mol. The largest absolute Gasteiger partial charge is 0.550 e. The van der Waals surface area contributed by atoms with Gasteiger partial charge in [0.05, 0.1) is 6.04 Å². The fourth-order valence-corrected chi connectivity index (χ4v) is 2.38. The van der Waals surface area contributed by atoms with E-state index in [2.05, 4.69) is 21.2 Å². The van der Waals surface area contributed by atoms with Gasteiger partial charge in [-0.05, 0) is 35.9 Å². The molecule has 1 amide bonds. The quantitative estimate of drug-likeness (QED) is 0.883. The van der Waals surface area contributed by atoms with Crippen LogP contribution >= 0.6 is 15.9 Å². The lowest BCUT2D eigenvalue weighted by Crippen LogP contribution is -2.34. The minimum Gasteiger partial charge on any atom is -0.550 e. The van der Waals surface area contributed by atoms with Crippen LogP contribution in [0.4, 0.5) is 4.39 Å². The van der Waals surface area contributed by atoms with Gasteiger partial charge in [0.25, 0.3) is 5.91 Å². The van der Waals surface area contributed by atoms with Gasteiger partial charge in [0.15, 0.2) is 0 Å². The Morgan fingerprint density at radius 2 is 1.86 bits per heavy atom. The van der Waals surface area contributed by atoms with Gasteiger partial charge in [0.1, 0.15) is 5.82 Å². The van der Waals surface area contributed by atoms with E-state index >= 15 is 0 Å². The molecule has 22 heavy (non-hydrogen) atoms. The van der Waals surface area contributed by atoms with Crippen LogP contribution in [-0.2, 0) is 4.79 Å². The maximum Gasteiger partial charge on any atom is 0.251 e. The number of carbonyl (C=O) groups is 2. The van der Waals surface area contributed by atoms with Crippen LogP contribution in [0.3, 0.4) is 0 Å². The summed E-state index contributed by atoms with van der Waals surface area (Å²) in [6, 6.07) is 11.2. The van der Waals surface area contributed by atoms with Crippen molar-refractivity contribution in [2.75, 3.05) is 0 Å². The second-order valence-corrected chi connectivity index (χ2v) is 5.58. The molecule has 2 rings (SSSR count). The molecule has 2 aromatic carbocycles. The number of carboxylic acids is 1. The molecule has 114 valence electrons. The Kier molecular flexibility index (Phi) is 5.27. The van der Waals surface area contributed by atoms with Crippen LogP contribution in [0.25, 0.3) is 0 Å². The minimum atomic E-state index is -1.30. The van der Waals surface area contributed by atoms with Crippen LogP contribution < -0.4 is 10.4 Å². The Balaban J connectivity index is 2.21. The third kappa shape index (κ3) is 4.39. The highest BCUT2D eigenvalue weighted by Gasteiger charge is 2.16. The third-order valence-electron chi connectivity index (χ3n) is 3.04. The number of nitrogens with one attached hydrogen (secondary N) is 1. The van der Waals surface area contributed by atoms with Crippen molar-refractivity contribution in [2.24, 2.45) is 0 Å². The van der Waals surface area contributed by atoms with E-state index in [4.69, 9.17) is 0 Å². The molecule has 0 fully saturated rings. The maximum atomic E-state index is 13.0. The smallest absolute Gasteiger partial charge is 0.251 e. The zero-order valence-corrected chi connectivity index (χ0v) is 13.0. The zero-order chi connectivity index (χ0) is 16.1. The standard InChI is InChI=1S/C16H13BrFNO3/c17-12-3-1-2-11(8-12)16(22)19-14(9-15(20)21)10-4-6-13(18)7-5-10/h1-8,14H,9H2,(H,19,22)(H,20,21)/p-1/t14-/m1/s1. The molecule has 2 aromatic rings. The minimum absolute atomic E-state index is 0.389. The Hall–Kier alpha value is -2.21. The summed E-state index contributed by atoms with van der Waals surface area (Å²) < 4.78 is 13.7. The summed E-state index contributed by atoms with van der Waals surface area (Å²) in [6.45, 7) is 0. The Bertz CT molecular complexity index is 688. The van der Waals surface area contributed by atoms with Gasteiger partial charge < -0.3 is 15.2 Å². The average molecular weight is 365 g/mol. The predicted octanol–water partition coefficient (Wildman–Crippen LogP) is 2.20. The summed E-state index contributed by atoms with van der Waals surface area (Å²) in [5.41, 5.74) is 0.883. The lowest BCUT2D eigenvalue weighted by atomic mass is 10.0. The molecule has 0 saturated heterocycles. The van der Waals surface area contributed by atoms with Gasteiger partial charge in [-0.1, -0.05) is 34.1 Å². The first-order valence-electron chi connectivity index (χ1n) is 6.47. The van der Waals surface area contributed by atoms with Crippen LogP contribution in [0.15, 0.2) is 53.0 Å². The molecule has 0 bridgehead atoms. The van der Waals surface area contributed by atoms with Gasteiger partial charge in [-0.2, -0.15) is 0 Å². The fourth-order valence-electron chi connectivity index (χ4n) is 1.99. The monoisotopic (exact) mass is 364 g/mol. The van der Waals surface area contributed by atoms with E-state index in [1.54, 1.807) is 24.3 Å². The SMILES string of the molecule is O=C([O-])C[C@@H](NC(=O)c1cccc(Br)c1)c1ccc(F)cc1. The number of hydrogen-bond donors (Lipinski definition) is 1. The average Bonchev–Trinajstić information content (AvgIpc) is 2.47. The van der Waals surface area contributed by atoms with Crippen LogP contribution in [0.1, 0.15) is 28.4 Å². The molecule has 1 N–H and O–H groups in total. The first-order chi connectivity index (χ1) is 10.5. The molecule has 0 saturated carbocycles. The Labute approximate surface area is 135 Å². The Morgan fingerprint density at radius 1 is 1.18 bits per heavy atom. The molecular weight excluding hydrogens is 353 g/mol. The molecule has 0 unspecified atom stereocenters. The molecule has 4 nitrogen and oxygen atoms in total. The van der Waals surface area contributed by atoms with Crippen LogP contribution in [0.5, 0.6) is 0 Å². The highest BCUT2D eigenvalue weighted by atomic mass is 79.9. The number of rotatable bonds is 5. The fraction of sp³-hybridized carbons (Fsp3) is 0.125. The summed E-state index contributed by atoms with van der Waals surface area (Å²) in [6.07, 6.45) is -0.397. The van der Waals surface area contributed by atoms with Gasteiger partial charge in [-0.25, -0.2) is 4.39 Å². The van der Waals surface area contributed by atoms with Crippen molar-refractivity contribution >= 4 is 27.8 Å². The molecular formula is C16H12BrFNO3-. The van der Waals surface area contributed by atoms with E-state index in [1.165, 1.54) is 24.3 Å². The molecule has 0 heterocycles. The number of carbonyl (C=O) groups excluding carboxylic acids is 2. The van der Waals surface area contributed by atoms with Gasteiger partial charge in [-0.3, -0.25) is 4.79 Å². The number of benzene rings is 2. The molecule has 0 aliphatic heterocycles. The van der Waals surface area contributed by atoms with E-state index in [9.17, 15) is 19.1 Å². The molecule has 0 aliphatic rings. The van der Waals surface area contributed by atoms with Gasteiger partial charge >= 0.3 is 0 Å². The van der Waals surface area contributed by atoms with E-state index in [1.807, 2.05) is 0 Å². The van der Waals surface area contributed by atoms with Gasteiger partial charge in [0, 0.05) is 22.4 Å². The van der Waals surface area contributed by atoms with Crippen molar-refractivity contribution in [2.45, 2.75) is 12.5 Å². The van der Waals surface area contributed by atoms with Gasteiger partial charge in [0.2, 0.25) is 0 Å². The zero-order valence-electron chi connectivity index (χ0n) is 11.4. The number of aliphatic carboxylic acids is 1. The summed E-state index contributed by atoms with van der Waals surface area (Å²) in [5, 5.41) is 13.5. The van der Waals surface area contributed by atoms with Crippen molar-refractivity contribution in [3.8, 4) is 0 Å². The highest BCUT2D eigenvalue weighted by Crippen LogP contribution is 2.19. The summed E-state index contributed by atoms with van der Waals surface area (Å²) in [4.78, 5) is 23.1.